The van der Waals surface area contributed by atoms with E-state index in [2.05, 4.69) is 15.0 Å². The number of phosphoric ester groups is 1. The molecule has 3 aromatic rings. The first-order valence-corrected chi connectivity index (χ1v) is 13.4. The van der Waals surface area contributed by atoms with Crippen molar-refractivity contribution >= 4 is 24.8 Å². The second-order valence-corrected chi connectivity index (χ2v) is 11.6. The number of phosphoric acid groups is 1. The molecule has 3 fully saturated rings. The molecule has 1 aromatic carbocycles. The Balaban J connectivity index is 1.24. The second-order valence-electron chi connectivity index (χ2n) is 10.00. The van der Waals surface area contributed by atoms with Crippen LogP contribution in [0, 0.1) is 11.6 Å². The van der Waals surface area contributed by atoms with Gasteiger partial charge in [0.15, 0.2) is 23.5 Å². The minimum atomic E-state index is -4.11. The molecule has 6 atom stereocenters. The summed E-state index contributed by atoms with van der Waals surface area (Å²) in [6.07, 6.45) is 0.0265. The first-order valence-electron chi connectivity index (χ1n) is 12.0. The number of aromatic nitrogens is 4. The van der Waals surface area contributed by atoms with E-state index in [4.69, 9.17) is 33.5 Å². The molecule has 12 nitrogen and oxygen atoms in total. The number of rotatable bonds is 5. The third kappa shape index (κ3) is 4.39. The van der Waals surface area contributed by atoms with Crippen LogP contribution in [0.25, 0.3) is 11.2 Å². The Kier molecular flexibility index (Phi) is 6.07. The van der Waals surface area contributed by atoms with Crippen molar-refractivity contribution in [3.05, 3.63) is 48.1 Å². The van der Waals surface area contributed by atoms with Crippen molar-refractivity contribution in [2.75, 3.05) is 18.9 Å². The minimum absolute atomic E-state index is 0.00413. The summed E-state index contributed by atoms with van der Waals surface area (Å²) >= 11 is 0. The maximum absolute atomic E-state index is 13.7. The number of nitrogens with two attached hydrogens (primary N) is 1. The molecule has 0 aliphatic carbocycles. The van der Waals surface area contributed by atoms with Crippen molar-refractivity contribution in [2.45, 2.75) is 63.1 Å². The smallest absolute Gasteiger partial charge is 0.382 e. The number of halogens is 2. The van der Waals surface area contributed by atoms with Crippen molar-refractivity contribution in [1.29, 1.82) is 0 Å². The zero-order valence-corrected chi connectivity index (χ0v) is 21.6. The van der Waals surface area contributed by atoms with Crippen LogP contribution in [0.5, 0.6) is 0 Å². The molecule has 0 radical (unpaired) electrons. The Morgan fingerprint density at radius 1 is 1.18 bits per heavy atom. The highest BCUT2D eigenvalue weighted by molar-refractivity contribution is 7.48. The Morgan fingerprint density at radius 3 is 2.71 bits per heavy atom. The van der Waals surface area contributed by atoms with Gasteiger partial charge in [0.05, 0.1) is 25.6 Å². The van der Waals surface area contributed by atoms with Gasteiger partial charge in [0.25, 0.3) is 0 Å². The second kappa shape index (κ2) is 8.98. The van der Waals surface area contributed by atoms with E-state index >= 15 is 0 Å². The van der Waals surface area contributed by atoms with Crippen molar-refractivity contribution < 1.29 is 41.1 Å². The number of nitrogens with zero attached hydrogens (tertiary/aromatic N) is 4. The summed E-state index contributed by atoms with van der Waals surface area (Å²) in [5.41, 5.74) is 5.97. The van der Waals surface area contributed by atoms with Crippen LogP contribution < -0.4 is 5.73 Å². The Bertz CT molecular complexity index is 1420. The van der Waals surface area contributed by atoms with Gasteiger partial charge in [0, 0.05) is 12.5 Å². The van der Waals surface area contributed by atoms with Gasteiger partial charge in [0.2, 0.25) is 0 Å². The average molecular weight is 553 g/mol. The predicted molar refractivity (Wildman–Crippen MR) is 126 cm³/mol. The molecule has 5 heterocycles. The standard InChI is InChI=1S/C23H26F2N5O7P/c1-22(2)35-18-16(9-33-38(31)32-5-4-15(36-38)12-6-13(24)8-14(25)7-12)34-21(23(18,3)37-22)30-11-29-17-19(26)27-10-28-20(17)30/h6-8,10-11,15-16,18,21H,4-5,9H2,1-3H3,(H2,26,27,28)/t15?,16-,18-,21-,23-,38?/m1/s1. The predicted octanol–water partition coefficient (Wildman–Crippen LogP) is 3.80. The van der Waals surface area contributed by atoms with E-state index in [1.54, 1.807) is 18.4 Å². The largest absolute Gasteiger partial charge is 0.475 e. The van der Waals surface area contributed by atoms with Crippen LogP contribution in [0.1, 0.15) is 45.1 Å². The molecule has 38 heavy (non-hydrogen) atoms. The lowest BCUT2D eigenvalue weighted by Crippen LogP contribution is -2.42. The van der Waals surface area contributed by atoms with Crippen molar-refractivity contribution in [2.24, 2.45) is 0 Å². The Morgan fingerprint density at radius 2 is 1.95 bits per heavy atom. The molecule has 3 saturated heterocycles. The summed E-state index contributed by atoms with van der Waals surface area (Å²) in [6.45, 7) is 5.13. The van der Waals surface area contributed by atoms with E-state index in [9.17, 15) is 13.3 Å². The number of imidazole rings is 1. The fourth-order valence-electron chi connectivity index (χ4n) is 5.28. The molecule has 2 unspecified atom stereocenters. The maximum Gasteiger partial charge on any atom is 0.475 e. The maximum atomic E-state index is 13.7. The highest BCUT2D eigenvalue weighted by atomic mass is 31.2. The highest BCUT2D eigenvalue weighted by Gasteiger charge is 2.64. The summed E-state index contributed by atoms with van der Waals surface area (Å²) in [7, 11) is -4.11. The summed E-state index contributed by atoms with van der Waals surface area (Å²) in [6, 6.07) is 2.99. The topological polar surface area (TPSA) is 142 Å². The number of hydrogen-bond acceptors (Lipinski definition) is 11. The first-order chi connectivity index (χ1) is 18.0. The van der Waals surface area contributed by atoms with Crippen LogP contribution in [0.15, 0.2) is 30.9 Å². The minimum Gasteiger partial charge on any atom is -0.382 e. The van der Waals surface area contributed by atoms with Gasteiger partial charge in [-0.05, 0) is 38.5 Å². The molecular weight excluding hydrogens is 527 g/mol. The van der Waals surface area contributed by atoms with E-state index in [1.807, 2.05) is 6.92 Å². The number of fused-ring (bicyclic) bond motifs is 2. The monoisotopic (exact) mass is 553 g/mol. The van der Waals surface area contributed by atoms with Crippen LogP contribution in [-0.4, -0.2) is 56.3 Å². The lowest BCUT2D eigenvalue weighted by atomic mass is 9.96. The SMILES string of the molecule is CC1(C)O[C@@H]2[C@@H](COP3(=O)OCCC(c4cc(F)cc(F)c4)O3)O[C@@H](n3cnc4c(N)ncnc43)[C@]2(C)O1. The summed E-state index contributed by atoms with van der Waals surface area (Å²) in [5, 5.41) is 0. The van der Waals surface area contributed by atoms with Gasteiger partial charge in [0.1, 0.15) is 41.3 Å². The van der Waals surface area contributed by atoms with E-state index in [0.29, 0.717) is 11.2 Å². The molecular formula is C23H26F2N5O7P. The van der Waals surface area contributed by atoms with Crippen LogP contribution in [0.2, 0.25) is 0 Å². The van der Waals surface area contributed by atoms with Gasteiger partial charge in [-0.15, -0.1) is 0 Å². The number of anilines is 1. The third-order valence-electron chi connectivity index (χ3n) is 6.75. The number of hydrogen-bond donors (Lipinski definition) is 1. The molecule has 204 valence electrons. The fraction of sp³-hybridized carbons (Fsp3) is 0.522. The molecule has 3 aliphatic heterocycles. The van der Waals surface area contributed by atoms with Gasteiger partial charge >= 0.3 is 7.82 Å². The quantitative estimate of drug-likeness (QED) is 0.461. The van der Waals surface area contributed by atoms with Gasteiger partial charge < -0.3 is 19.9 Å². The number of benzene rings is 1. The summed E-state index contributed by atoms with van der Waals surface area (Å²) in [4.78, 5) is 12.6. The van der Waals surface area contributed by atoms with Crippen molar-refractivity contribution in [1.82, 2.24) is 19.5 Å². The Labute approximate surface area is 216 Å². The highest BCUT2D eigenvalue weighted by Crippen LogP contribution is 2.58. The molecule has 3 aliphatic rings. The van der Waals surface area contributed by atoms with Crippen molar-refractivity contribution in [3.8, 4) is 0 Å². The van der Waals surface area contributed by atoms with E-state index in [-0.39, 0.29) is 31.0 Å². The van der Waals surface area contributed by atoms with Gasteiger partial charge in [-0.2, -0.15) is 0 Å². The lowest BCUT2D eigenvalue weighted by Gasteiger charge is -2.30. The van der Waals surface area contributed by atoms with Crippen LogP contribution in [0.3, 0.4) is 0 Å². The molecule has 0 amide bonds. The third-order valence-corrected chi connectivity index (χ3v) is 8.23. The van der Waals surface area contributed by atoms with E-state index in [1.165, 1.54) is 12.7 Å². The molecule has 6 rings (SSSR count). The molecule has 2 aromatic heterocycles. The van der Waals surface area contributed by atoms with Crippen LogP contribution >= 0.6 is 7.82 Å². The molecule has 2 N–H and O–H groups in total. The fourth-order valence-corrected chi connectivity index (χ4v) is 6.68. The van der Waals surface area contributed by atoms with Gasteiger partial charge in [-0.25, -0.2) is 28.3 Å². The Hall–Kier alpha value is -2.58. The van der Waals surface area contributed by atoms with Crippen LogP contribution in [0.4, 0.5) is 14.6 Å². The van der Waals surface area contributed by atoms with Gasteiger partial charge in [-0.3, -0.25) is 18.1 Å². The number of ether oxygens (including phenoxy) is 3. The first kappa shape index (κ1) is 25.7. The van der Waals surface area contributed by atoms with E-state index in [0.717, 1.165) is 18.2 Å². The van der Waals surface area contributed by atoms with Crippen LogP contribution in [-0.2, 0) is 32.3 Å². The zero-order valence-electron chi connectivity index (χ0n) is 20.7. The zero-order chi connectivity index (χ0) is 26.9. The molecule has 15 heteroatoms. The van der Waals surface area contributed by atoms with E-state index < -0.39 is 55.4 Å². The number of nitrogen functional groups attached to an aromatic ring is 1. The molecule has 0 spiro atoms. The lowest BCUT2D eigenvalue weighted by molar-refractivity contribution is -0.217. The average Bonchev–Trinajstić information content (AvgIpc) is 3.45. The summed E-state index contributed by atoms with van der Waals surface area (Å²) in [5.74, 6) is -2.28. The van der Waals surface area contributed by atoms with Crippen molar-refractivity contribution in [3.63, 3.8) is 0 Å². The summed E-state index contributed by atoms with van der Waals surface area (Å²) < 4.78 is 77.8. The molecule has 0 bridgehead atoms. The van der Waals surface area contributed by atoms with Gasteiger partial charge in [-0.1, -0.05) is 0 Å². The normalized spacial score (nSPS) is 34.6. The molecule has 0 saturated carbocycles.